The minimum atomic E-state index is 0.174. The maximum Gasteiger partial charge on any atom is 0.180 e. The highest BCUT2D eigenvalue weighted by Crippen LogP contribution is 2.24. The van der Waals surface area contributed by atoms with Crippen molar-refractivity contribution in [3.05, 3.63) is 23.2 Å². The Bertz CT molecular complexity index is 527. The first-order valence-corrected chi connectivity index (χ1v) is 6.43. The number of hydrogen-bond acceptors (Lipinski definition) is 3. The van der Waals surface area contributed by atoms with Gasteiger partial charge in [-0.05, 0) is 28.3 Å². The molecule has 0 fully saturated rings. The molecule has 0 radical (unpaired) electrons. The van der Waals surface area contributed by atoms with E-state index in [9.17, 15) is 0 Å². The summed E-state index contributed by atoms with van der Waals surface area (Å²) < 4.78 is 2.75. The minimum absolute atomic E-state index is 0.174. The maximum absolute atomic E-state index is 4.45. The van der Waals surface area contributed by atoms with Crippen LogP contribution in [-0.2, 0) is 0 Å². The number of nitrogens with one attached hydrogen (secondary N) is 1. The van der Waals surface area contributed by atoms with E-state index in [1.54, 1.807) is 6.20 Å². The lowest BCUT2D eigenvalue weighted by molar-refractivity contribution is 0.359. The fourth-order valence-corrected chi connectivity index (χ4v) is 1.82. The highest BCUT2D eigenvalue weighted by atomic mass is 79.9. The maximum atomic E-state index is 4.45. The molecule has 0 saturated heterocycles. The SMILES string of the molecule is CC(Nc1nc(Br)cn2ccnc12)C(C)(C)C. The highest BCUT2D eigenvalue weighted by molar-refractivity contribution is 9.10. The number of imidazole rings is 1. The van der Waals surface area contributed by atoms with Crippen LogP contribution in [0, 0.1) is 5.41 Å². The molecule has 0 bridgehead atoms. The van der Waals surface area contributed by atoms with Crippen molar-refractivity contribution in [2.24, 2.45) is 5.41 Å². The van der Waals surface area contributed by atoms with E-state index in [1.807, 2.05) is 16.8 Å². The minimum Gasteiger partial charge on any atom is -0.364 e. The van der Waals surface area contributed by atoms with Crippen molar-refractivity contribution in [2.75, 3.05) is 5.32 Å². The van der Waals surface area contributed by atoms with Crippen molar-refractivity contribution in [1.82, 2.24) is 14.4 Å². The number of anilines is 1. The molecule has 4 nitrogen and oxygen atoms in total. The van der Waals surface area contributed by atoms with Gasteiger partial charge in [0.2, 0.25) is 0 Å². The zero-order chi connectivity index (χ0) is 12.6. The number of nitrogens with zero attached hydrogens (tertiary/aromatic N) is 3. The van der Waals surface area contributed by atoms with E-state index in [4.69, 9.17) is 0 Å². The van der Waals surface area contributed by atoms with Crippen molar-refractivity contribution in [3.63, 3.8) is 0 Å². The predicted octanol–water partition coefficient (Wildman–Crippen LogP) is 3.34. The Morgan fingerprint density at radius 3 is 2.76 bits per heavy atom. The Hall–Kier alpha value is -1.10. The monoisotopic (exact) mass is 296 g/mol. The van der Waals surface area contributed by atoms with E-state index < -0.39 is 0 Å². The van der Waals surface area contributed by atoms with Crippen LogP contribution in [-0.4, -0.2) is 20.4 Å². The largest absolute Gasteiger partial charge is 0.364 e. The molecule has 0 spiro atoms. The summed E-state index contributed by atoms with van der Waals surface area (Å²) in [5.74, 6) is 0.812. The van der Waals surface area contributed by atoms with Crippen LogP contribution in [0.4, 0.5) is 5.82 Å². The van der Waals surface area contributed by atoms with Crippen molar-refractivity contribution < 1.29 is 0 Å². The molecule has 0 aliphatic carbocycles. The van der Waals surface area contributed by atoms with Crippen molar-refractivity contribution >= 4 is 27.4 Å². The summed E-state index contributed by atoms with van der Waals surface area (Å²) in [6, 6.07) is 0.310. The summed E-state index contributed by atoms with van der Waals surface area (Å²) in [5.41, 5.74) is 1.03. The zero-order valence-corrected chi connectivity index (χ0v) is 12.1. The first-order valence-electron chi connectivity index (χ1n) is 5.63. The van der Waals surface area contributed by atoms with Crippen LogP contribution in [0.3, 0.4) is 0 Å². The first-order chi connectivity index (χ1) is 7.88. The number of hydrogen-bond donors (Lipinski definition) is 1. The average Bonchev–Trinajstić information content (AvgIpc) is 2.63. The van der Waals surface area contributed by atoms with Gasteiger partial charge in [0, 0.05) is 24.6 Å². The second-order valence-electron chi connectivity index (χ2n) is 5.30. The molecule has 0 amide bonds. The summed E-state index contributed by atoms with van der Waals surface area (Å²) in [6.07, 6.45) is 5.58. The molecular weight excluding hydrogens is 280 g/mol. The van der Waals surface area contributed by atoms with E-state index in [0.717, 1.165) is 16.1 Å². The molecular formula is C12H17BrN4. The Morgan fingerprint density at radius 2 is 2.12 bits per heavy atom. The molecule has 2 aromatic heterocycles. The lowest BCUT2D eigenvalue weighted by atomic mass is 9.88. The van der Waals surface area contributed by atoms with Gasteiger partial charge in [0.15, 0.2) is 11.5 Å². The molecule has 1 N–H and O–H groups in total. The molecule has 1 unspecified atom stereocenters. The number of fused-ring (bicyclic) bond motifs is 1. The number of rotatable bonds is 2. The molecule has 0 aliphatic rings. The molecule has 2 rings (SSSR count). The third kappa shape index (κ3) is 2.60. The van der Waals surface area contributed by atoms with Crippen molar-refractivity contribution in [3.8, 4) is 0 Å². The van der Waals surface area contributed by atoms with E-state index in [1.165, 1.54) is 0 Å². The van der Waals surface area contributed by atoms with Crippen LogP contribution >= 0.6 is 15.9 Å². The Labute approximate surface area is 110 Å². The molecule has 1 atom stereocenters. The molecule has 2 heterocycles. The summed E-state index contributed by atoms with van der Waals surface area (Å²) in [5, 5.41) is 3.43. The quantitative estimate of drug-likeness (QED) is 0.924. The topological polar surface area (TPSA) is 42.2 Å². The third-order valence-electron chi connectivity index (χ3n) is 3.00. The van der Waals surface area contributed by atoms with Crippen LogP contribution in [0.5, 0.6) is 0 Å². The molecule has 5 heteroatoms. The van der Waals surface area contributed by atoms with Crippen molar-refractivity contribution in [2.45, 2.75) is 33.7 Å². The molecule has 0 saturated carbocycles. The van der Waals surface area contributed by atoms with Crippen molar-refractivity contribution in [1.29, 1.82) is 0 Å². The Morgan fingerprint density at radius 1 is 1.41 bits per heavy atom. The predicted molar refractivity (Wildman–Crippen MR) is 73.2 cm³/mol. The third-order valence-corrected chi connectivity index (χ3v) is 3.38. The fraction of sp³-hybridized carbons (Fsp3) is 0.500. The number of aromatic nitrogens is 3. The lowest BCUT2D eigenvalue weighted by Crippen LogP contribution is -2.31. The average molecular weight is 297 g/mol. The van der Waals surface area contributed by atoms with Gasteiger partial charge in [-0.2, -0.15) is 0 Å². The normalized spacial score (nSPS) is 13.9. The van der Waals surface area contributed by atoms with E-state index in [2.05, 4.69) is 58.9 Å². The highest BCUT2D eigenvalue weighted by Gasteiger charge is 2.21. The Kier molecular flexibility index (Phi) is 3.12. The number of halogens is 1. The van der Waals surface area contributed by atoms with E-state index >= 15 is 0 Å². The van der Waals surface area contributed by atoms with Gasteiger partial charge in [-0.3, -0.25) is 0 Å². The second-order valence-corrected chi connectivity index (χ2v) is 6.11. The van der Waals surface area contributed by atoms with Crippen LogP contribution in [0.15, 0.2) is 23.2 Å². The first kappa shape index (κ1) is 12.4. The van der Waals surface area contributed by atoms with Gasteiger partial charge in [0.25, 0.3) is 0 Å². The van der Waals surface area contributed by atoms with Gasteiger partial charge in [-0.15, -0.1) is 0 Å². The second kappa shape index (κ2) is 4.29. The van der Waals surface area contributed by atoms with Crippen LogP contribution in [0.1, 0.15) is 27.7 Å². The van der Waals surface area contributed by atoms with Gasteiger partial charge in [0.1, 0.15) is 4.60 Å². The molecule has 17 heavy (non-hydrogen) atoms. The van der Waals surface area contributed by atoms with Crippen LogP contribution in [0.2, 0.25) is 0 Å². The molecule has 0 aromatic carbocycles. The zero-order valence-electron chi connectivity index (χ0n) is 10.5. The van der Waals surface area contributed by atoms with Gasteiger partial charge < -0.3 is 9.72 Å². The smallest absolute Gasteiger partial charge is 0.180 e. The van der Waals surface area contributed by atoms with Gasteiger partial charge in [-0.25, -0.2) is 9.97 Å². The molecule has 0 aliphatic heterocycles. The van der Waals surface area contributed by atoms with E-state index in [0.29, 0.717) is 6.04 Å². The standard InChI is InChI=1S/C12H17BrN4/c1-8(12(2,3)4)15-10-11-14-5-6-17(11)7-9(13)16-10/h5-8H,1-4H3,(H,15,16). The Balaban J connectivity index is 2.38. The molecule has 92 valence electrons. The van der Waals surface area contributed by atoms with Crippen LogP contribution in [0.25, 0.3) is 5.65 Å². The molecule has 2 aromatic rings. The summed E-state index contributed by atoms with van der Waals surface area (Å²) >= 11 is 3.41. The summed E-state index contributed by atoms with van der Waals surface area (Å²) in [4.78, 5) is 8.76. The van der Waals surface area contributed by atoms with Gasteiger partial charge >= 0.3 is 0 Å². The van der Waals surface area contributed by atoms with Gasteiger partial charge in [-0.1, -0.05) is 20.8 Å². The summed E-state index contributed by atoms with van der Waals surface area (Å²) in [6.45, 7) is 8.75. The van der Waals surface area contributed by atoms with Crippen LogP contribution < -0.4 is 5.32 Å². The van der Waals surface area contributed by atoms with E-state index in [-0.39, 0.29) is 5.41 Å². The lowest BCUT2D eigenvalue weighted by Gasteiger charge is -2.28. The summed E-state index contributed by atoms with van der Waals surface area (Å²) in [7, 11) is 0. The van der Waals surface area contributed by atoms with Gasteiger partial charge in [0.05, 0.1) is 0 Å². The fourth-order valence-electron chi connectivity index (χ4n) is 1.42.